The van der Waals surface area contributed by atoms with Crippen LogP contribution in [-0.2, 0) is 9.84 Å². The maximum atomic E-state index is 12.2. The lowest BCUT2D eigenvalue weighted by Crippen LogP contribution is -2.12. The van der Waals surface area contributed by atoms with E-state index in [1.807, 2.05) is 0 Å². The number of hydrogen-bond acceptors (Lipinski definition) is 7. The second kappa shape index (κ2) is 6.96. The van der Waals surface area contributed by atoms with E-state index in [0.29, 0.717) is 11.3 Å². The van der Waals surface area contributed by atoms with Gasteiger partial charge in [-0.1, -0.05) is 11.2 Å². The van der Waals surface area contributed by atoms with Gasteiger partial charge in [0.05, 0.1) is 12.0 Å². The molecular weight excluding hydrogens is 358 g/mol. The summed E-state index contributed by atoms with van der Waals surface area (Å²) in [6.45, 7) is 0. The van der Waals surface area contributed by atoms with Crippen molar-refractivity contribution >= 4 is 21.8 Å². The van der Waals surface area contributed by atoms with Crippen molar-refractivity contribution < 1.29 is 22.4 Å². The number of benzene rings is 2. The molecule has 0 aliphatic carbocycles. The van der Waals surface area contributed by atoms with Gasteiger partial charge in [-0.15, -0.1) is 5.10 Å². The molecule has 0 bridgehead atoms. The monoisotopic (exact) mass is 373 g/mol. The standard InChI is InChI=1S/C17H15N3O5S/c1-24-13-5-3-4-12(10-13)16-19-20-17(25-16)18-15(21)11-6-8-14(9-7-11)26(2,22)23/h3-10H,1-2H3,(H,18,20,21). The molecule has 8 nitrogen and oxygen atoms in total. The summed E-state index contributed by atoms with van der Waals surface area (Å²) in [6, 6.07) is 12.5. The molecule has 0 saturated carbocycles. The molecule has 0 saturated heterocycles. The molecule has 1 aromatic heterocycles. The third-order valence-corrected chi connectivity index (χ3v) is 4.64. The number of anilines is 1. The topological polar surface area (TPSA) is 111 Å². The Balaban J connectivity index is 1.75. The van der Waals surface area contributed by atoms with E-state index in [0.717, 1.165) is 6.26 Å². The van der Waals surface area contributed by atoms with E-state index in [-0.39, 0.29) is 22.4 Å². The largest absolute Gasteiger partial charge is 0.497 e. The molecule has 1 amide bonds. The van der Waals surface area contributed by atoms with Crippen LogP contribution in [0, 0.1) is 0 Å². The summed E-state index contributed by atoms with van der Waals surface area (Å²) >= 11 is 0. The van der Waals surface area contributed by atoms with Crippen LogP contribution in [0.2, 0.25) is 0 Å². The molecule has 1 N–H and O–H groups in total. The summed E-state index contributed by atoms with van der Waals surface area (Å²) in [5, 5.41) is 10.1. The molecule has 0 aliphatic heterocycles. The second-order valence-electron chi connectivity index (χ2n) is 5.39. The van der Waals surface area contributed by atoms with Gasteiger partial charge in [0.15, 0.2) is 9.84 Å². The van der Waals surface area contributed by atoms with Crippen molar-refractivity contribution in [3.63, 3.8) is 0 Å². The summed E-state index contributed by atoms with van der Waals surface area (Å²) in [5.74, 6) is 0.370. The zero-order chi connectivity index (χ0) is 18.7. The molecule has 3 aromatic rings. The summed E-state index contributed by atoms with van der Waals surface area (Å²) in [6.07, 6.45) is 1.10. The predicted octanol–water partition coefficient (Wildman–Crippen LogP) is 2.40. The SMILES string of the molecule is COc1cccc(-c2nnc(NC(=O)c3ccc(S(C)(=O)=O)cc3)o2)c1. The summed E-state index contributed by atoms with van der Waals surface area (Å²) in [5.41, 5.74) is 0.911. The molecule has 0 fully saturated rings. The Labute approximate surface area is 149 Å². The molecule has 1 heterocycles. The number of methoxy groups -OCH3 is 1. The molecule has 3 rings (SSSR count). The first-order valence-corrected chi connectivity index (χ1v) is 9.35. The Morgan fingerprint density at radius 3 is 2.50 bits per heavy atom. The van der Waals surface area contributed by atoms with Crippen molar-refractivity contribution in [1.82, 2.24) is 10.2 Å². The molecule has 2 aromatic carbocycles. The average Bonchev–Trinajstić information content (AvgIpc) is 3.09. The minimum atomic E-state index is -3.32. The van der Waals surface area contributed by atoms with E-state index in [4.69, 9.17) is 9.15 Å². The van der Waals surface area contributed by atoms with Gasteiger partial charge in [-0.3, -0.25) is 10.1 Å². The van der Waals surface area contributed by atoms with Crippen LogP contribution in [0.1, 0.15) is 10.4 Å². The van der Waals surface area contributed by atoms with Crippen molar-refractivity contribution in [1.29, 1.82) is 0 Å². The minimum Gasteiger partial charge on any atom is -0.497 e. The van der Waals surface area contributed by atoms with E-state index in [2.05, 4.69) is 15.5 Å². The fourth-order valence-corrected chi connectivity index (χ4v) is 2.80. The highest BCUT2D eigenvalue weighted by Gasteiger charge is 2.14. The van der Waals surface area contributed by atoms with Crippen molar-refractivity contribution in [2.45, 2.75) is 4.90 Å². The molecule has 0 radical (unpaired) electrons. The zero-order valence-electron chi connectivity index (χ0n) is 14.0. The number of ether oxygens (including phenoxy) is 1. The lowest BCUT2D eigenvalue weighted by molar-refractivity contribution is 0.102. The fourth-order valence-electron chi connectivity index (χ4n) is 2.17. The number of sulfone groups is 1. The molecule has 0 aliphatic rings. The molecule has 0 atom stereocenters. The first-order valence-electron chi connectivity index (χ1n) is 7.46. The Kier molecular flexibility index (Phi) is 4.72. The quantitative estimate of drug-likeness (QED) is 0.731. The van der Waals surface area contributed by atoms with E-state index >= 15 is 0 Å². The summed E-state index contributed by atoms with van der Waals surface area (Å²) in [4.78, 5) is 12.3. The van der Waals surface area contributed by atoms with Crippen molar-refractivity contribution in [3.8, 4) is 17.2 Å². The highest BCUT2D eigenvalue weighted by Crippen LogP contribution is 2.24. The van der Waals surface area contributed by atoms with Crippen LogP contribution in [0.25, 0.3) is 11.5 Å². The third-order valence-electron chi connectivity index (χ3n) is 3.51. The van der Waals surface area contributed by atoms with Crippen LogP contribution in [-0.4, -0.2) is 37.9 Å². The minimum absolute atomic E-state index is 0.0694. The Bertz CT molecular complexity index is 1040. The molecule has 0 unspecified atom stereocenters. The number of aromatic nitrogens is 2. The number of carbonyl (C=O) groups is 1. The Morgan fingerprint density at radius 2 is 1.85 bits per heavy atom. The van der Waals surface area contributed by atoms with Gasteiger partial charge >= 0.3 is 6.01 Å². The highest BCUT2D eigenvalue weighted by atomic mass is 32.2. The smallest absolute Gasteiger partial charge is 0.322 e. The van der Waals surface area contributed by atoms with Crippen LogP contribution in [0.4, 0.5) is 6.01 Å². The van der Waals surface area contributed by atoms with E-state index in [1.165, 1.54) is 24.3 Å². The van der Waals surface area contributed by atoms with Gasteiger partial charge in [0.1, 0.15) is 5.75 Å². The maximum absolute atomic E-state index is 12.2. The maximum Gasteiger partial charge on any atom is 0.322 e. The van der Waals surface area contributed by atoms with Gasteiger partial charge in [-0.25, -0.2) is 8.42 Å². The molecule has 9 heteroatoms. The van der Waals surface area contributed by atoms with E-state index < -0.39 is 15.7 Å². The van der Waals surface area contributed by atoms with Crippen LogP contribution >= 0.6 is 0 Å². The van der Waals surface area contributed by atoms with Gasteiger partial charge in [-0.05, 0) is 42.5 Å². The molecule has 134 valence electrons. The van der Waals surface area contributed by atoms with Crippen molar-refractivity contribution in [2.75, 3.05) is 18.7 Å². The zero-order valence-corrected chi connectivity index (χ0v) is 14.8. The average molecular weight is 373 g/mol. The number of carbonyl (C=O) groups excluding carboxylic acids is 1. The van der Waals surface area contributed by atoms with Gasteiger partial charge in [0.25, 0.3) is 5.91 Å². The van der Waals surface area contributed by atoms with Crippen LogP contribution in [0.5, 0.6) is 5.75 Å². The van der Waals surface area contributed by atoms with E-state index in [9.17, 15) is 13.2 Å². The number of hydrogen-bond donors (Lipinski definition) is 1. The van der Waals surface area contributed by atoms with Gasteiger partial charge in [0, 0.05) is 17.4 Å². The van der Waals surface area contributed by atoms with Gasteiger partial charge in [-0.2, -0.15) is 0 Å². The number of nitrogens with zero attached hydrogens (tertiary/aromatic N) is 2. The van der Waals surface area contributed by atoms with Gasteiger partial charge < -0.3 is 9.15 Å². The Morgan fingerprint density at radius 1 is 1.12 bits per heavy atom. The fraction of sp³-hybridized carbons (Fsp3) is 0.118. The highest BCUT2D eigenvalue weighted by molar-refractivity contribution is 7.90. The molecule has 0 spiro atoms. The third kappa shape index (κ3) is 3.89. The lowest BCUT2D eigenvalue weighted by Gasteiger charge is -2.02. The lowest BCUT2D eigenvalue weighted by atomic mass is 10.2. The second-order valence-corrected chi connectivity index (χ2v) is 7.41. The van der Waals surface area contributed by atoms with Crippen LogP contribution in [0.15, 0.2) is 57.8 Å². The normalized spacial score (nSPS) is 11.2. The van der Waals surface area contributed by atoms with Gasteiger partial charge in [0.2, 0.25) is 5.89 Å². The molecular formula is C17H15N3O5S. The predicted molar refractivity (Wildman–Crippen MR) is 93.8 cm³/mol. The van der Waals surface area contributed by atoms with Crippen molar-refractivity contribution in [2.24, 2.45) is 0 Å². The first kappa shape index (κ1) is 17.6. The Hall–Kier alpha value is -3.20. The molecule has 26 heavy (non-hydrogen) atoms. The summed E-state index contributed by atoms with van der Waals surface area (Å²) < 4.78 is 33.5. The first-order chi connectivity index (χ1) is 12.4. The van der Waals surface area contributed by atoms with Crippen LogP contribution < -0.4 is 10.1 Å². The van der Waals surface area contributed by atoms with Crippen LogP contribution in [0.3, 0.4) is 0 Å². The van der Waals surface area contributed by atoms with E-state index in [1.54, 1.807) is 31.4 Å². The summed E-state index contributed by atoms with van der Waals surface area (Å²) in [7, 11) is -1.77. The number of amides is 1. The number of nitrogens with one attached hydrogen (secondary N) is 1. The van der Waals surface area contributed by atoms with Crippen molar-refractivity contribution in [3.05, 3.63) is 54.1 Å². The number of rotatable bonds is 5.